The number of aliphatic hydroxyl groups excluding tert-OH is 1. The highest BCUT2D eigenvalue weighted by atomic mass is 16.6. The number of fused-ring (bicyclic) bond motifs is 1. The standard InChI is InChI=1S/C17H25N3O7/c21-3-4-23-5-6-24-7-8-25-9-10-26-11-12-27-17(22)14-1-2-15-16(13-14)19-20-18-15/h1-2,21H,3-13H2. The number of esters is 1. The Bertz CT molecular complexity index is 587. The van der Waals surface area contributed by atoms with Crippen molar-refractivity contribution >= 4 is 11.7 Å². The SMILES string of the molecule is O=C(OCCOCCOCCOCCOCCO)C1=CC=C2N=NN=C2C1. The lowest BCUT2D eigenvalue weighted by atomic mass is 10.0. The summed E-state index contributed by atoms with van der Waals surface area (Å²) >= 11 is 0. The molecule has 0 saturated heterocycles. The smallest absolute Gasteiger partial charge is 0.334 e. The molecule has 27 heavy (non-hydrogen) atoms. The minimum absolute atomic E-state index is 0.0151. The van der Waals surface area contributed by atoms with Gasteiger partial charge in [0.15, 0.2) is 0 Å². The fourth-order valence-electron chi connectivity index (χ4n) is 2.16. The van der Waals surface area contributed by atoms with Crippen molar-refractivity contribution in [1.82, 2.24) is 0 Å². The van der Waals surface area contributed by atoms with E-state index in [0.717, 1.165) is 0 Å². The summed E-state index contributed by atoms with van der Waals surface area (Å²) < 4.78 is 26.2. The van der Waals surface area contributed by atoms with E-state index in [1.165, 1.54) is 0 Å². The van der Waals surface area contributed by atoms with Gasteiger partial charge in [-0.2, -0.15) is 0 Å². The van der Waals surface area contributed by atoms with Crippen LogP contribution in [0, 0.1) is 0 Å². The first kappa shape index (κ1) is 21.3. The van der Waals surface area contributed by atoms with Crippen molar-refractivity contribution in [2.45, 2.75) is 6.42 Å². The molecular weight excluding hydrogens is 358 g/mol. The lowest BCUT2D eigenvalue weighted by molar-refractivity contribution is -0.140. The lowest BCUT2D eigenvalue weighted by Crippen LogP contribution is -2.17. The van der Waals surface area contributed by atoms with Crippen molar-refractivity contribution in [3.05, 3.63) is 23.4 Å². The van der Waals surface area contributed by atoms with Crippen molar-refractivity contribution in [2.24, 2.45) is 15.4 Å². The van der Waals surface area contributed by atoms with Gasteiger partial charge in [-0.3, -0.25) is 0 Å². The summed E-state index contributed by atoms with van der Waals surface area (Å²) in [6.07, 6.45) is 3.76. The summed E-state index contributed by atoms with van der Waals surface area (Å²) in [5, 5.41) is 19.8. The van der Waals surface area contributed by atoms with Gasteiger partial charge < -0.3 is 28.8 Å². The molecule has 1 aliphatic heterocycles. The third kappa shape index (κ3) is 8.50. The van der Waals surface area contributed by atoms with Crippen LogP contribution in [0.2, 0.25) is 0 Å². The predicted molar refractivity (Wildman–Crippen MR) is 94.4 cm³/mol. The zero-order chi connectivity index (χ0) is 19.2. The Morgan fingerprint density at radius 1 is 0.889 bits per heavy atom. The molecule has 0 bridgehead atoms. The second kappa shape index (κ2) is 13.2. The molecular formula is C17H25N3O7. The maximum absolute atomic E-state index is 12.0. The van der Waals surface area contributed by atoms with Crippen LogP contribution >= 0.6 is 0 Å². The van der Waals surface area contributed by atoms with Gasteiger partial charge in [0, 0.05) is 12.0 Å². The molecule has 0 aromatic carbocycles. The third-order valence-electron chi connectivity index (χ3n) is 3.49. The largest absolute Gasteiger partial charge is 0.460 e. The summed E-state index contributed by atoms with van der Waals surface area (Å²) in [7, 11) is 0. The van der Waals surface area contributed by atoms with Gasteiger partial charge in [0.1, 0.15) is 12.3 Å². The van der Waals surface area contributed by atoms with E-state index >= 15 is 0 Å². The highest BCUT2D eigenvalue weighted by Crippen LogP contribution is 2.22. The molecule has 2 rings (SSSR count). The Labute approximate surface area is 157 Å². The molecule has 1 N–H and O–H groups in total. The van der Waals surface area contributed by atoms with Gasteiger partial charge in [0.25, 0.3) is 0 Å². The van der Waals surface area contributed by atoms with Crippen molar-refractivity contribution < 1.29 is 33.6 Å². The van der Waals surface area contributed by atoms with E-state index in [0.29, 0.717) is 76.3 Å². The van der Waals surface area contributed by atoms with Crippen molar-refractivity contribution in [2.75, 3.05) is 66.1 Å². The van der Waals surface area contributed by atoms with Gasteiger partial charge in [-0.25, -0.2) is 4.79 Å². The normalized spacial score (nSPS) is 15.2. The van der Waals surface area contributed by atoms with Crippen LogP contribution in [0.4, 0.5) is 0 Å². The molecule has 1 heterocycles. The first-order valence-electron chi connectivity index (χ1n) is 8.79. The number of aliphatic hydroxyl groups is 1. The second-order valence-electron chi connectivity index (χ2n) is 5.47. The van der Waals surface area contributed by atoms with Gasteiger partial charge >= 0.3 is 5.97 Å². The number of carbonyl (C=O) groups is 1. The van der Waals surface area contributed by atoms with Crippen LogP contribution in [-0.2, 0) is 28.5 Å². The summed E-state index contributed by atoms with van der Waals surface area (Å²) in [6, 6.07) is 0. The minimum Gasteiger partial charge on any atom is -0.460 e. The molecule has 150 valence electrons. The zero-order valence-corrected chi connectivity index (χ0v) is 15.2. The van der Waals surface area contributed by atoms with Crippen molar-refractivity contribution in [1.29, 1.82) is 0 Å². The zero-order valence-electron chi connectivity index (χ0n) is 15.2. The molecule has 10 nitrogen and oxygen atoms in total. The average molecular weight is 383 g/mol. The van der Waals surface area contributed by atoms with Crippen molar-refractivity contribution in [3.63, 3.8) is 0 Å². The second-order valence-corrected chi connectivity index (χ2v) is 5.47. The monoisotopic (exact) mass is 383 g/mol. The first-order chi connectivity index (χ1) is 13.3. The van der Waals surface area contributed by atoms with Gasteiger partial charge in [-0.05, 0) is 17.4 Å². The highest BCUT2D eigenvalue weighted by molar-refractivity contribution is 6.08. The molecule has 0 fully saturated rings. The fraction of sp³-hybridized carbons (Fsp3) is 0.647. The summed E-state index contributed by atoms with van der Waals surface area (Å²) in [5.41, 5.74) is 1.89. The Kier molecular flexibility index (Phi) is 10.4. The number of rotatable bonds is 15. The van der Waals surface area contributed by atoms with Crippen LogP contribution in [0.25, 0.3) is 0 Å². The van der Waals surface area contributed by atoms with Crippen LogP contribution in [0.15, 0.2) is 38.9 Å². The molecule has 0 saturated carbocycles. The van der Waals surface area contributed by atoms with E-state index in [2.05, 4.69) is 15.4 Å². The van der Waals surface area contributed by atoms with Crippen molar-refractivity contribution in [3.8, 4) is 0 Å². The van der Waals surface area contributed by atoms with E-state index in [1.54, 1.807) is 12.2 Å². The van der Waals surface area contributed by atoms with Crippen LogP contribution in [-0.4, -0.2) is 82.9 Å². The topological polar surface area (TPSA) is 121 Å². The van der Waals surface area contributed by atoms with E-state index in [9.17, 15) is 4.79 Å². The Morgan fingerprint density at radius 2 is 1.48 bits per heavy atom. The number of allylic oxidation sites excluding steroid dienone is 3. The van der Waals surface area contributed by atoms with E-state index in [1.807, 2.05) is 0 Å². The van der Waals surface area contributed by atoms with E-state index in [-0.39, 0.29) is 19.2 Å². The quantitative estimate of drug-likeness (QED) is 0.325. The van der Waals surface area contributed by atoms with Gasteiger partial charge in [0.2, 0.25) is 0 Å². The number of carbonyl (C=O) groups excluding carboxylic acids is 1. The number of hydrogen-bond donors (Lipinski definition) is 1. The third-order valence-corrected chi connectivity index (χ3v) is 3.49. The molecule has 0 aromatic rings. The van der Waals surface area contributed by atoms with Crippen LogP contribution < -0.4 is 0 Å². The maximum atomic E-state index is 12.0. The van der Waals surface area contributed by atoms with Gasteiger partial charge in [-0.15, -0.1) is 10.2 Å². The van der Waals surface area contributed by atoms with Crippen LogP contribution in [0.1, 0.15) is 6.42 Å². The molecule has 0 amide bonds. The number of ether oxygens (including phenoxy) is 5. The Morgan fingerprint density at radius 3 is 2.11 bits per heavy atom. The van der Waals surface area contributed by atoms with Gasteiger partial charge in [0.05, 0.1) is 65.2 Å². The molecule has 0 atom stereocenters. The Hall–Kier alpha value is -1.98. The Balaban J connectivity index is 1.37. The molecule has 2 aliphatic rings. The minimum atomic E-state index is -0.389. The van der Waals surface area contributed by atoms with Gasteiger partial charge in [-0.1, -0.05) is 0 Å². The molecule has 0 spiro atoms. The number of hydrogen-bond acceptors (Lipinski definition) is 10. The summed E-state index contributed by atoms with van der Waals surface area (Å²) in [4.78, 5) is 12.0. The van der Waals surface area contributed by atoms with Crippen LogP contribution in [0.5, 0.6) is 0 Å². The molecule has 0 unspecified atom stereocenters. The molecule has 0 radical (unpaired) electrons. The average Bonchev–Trinajstić information content (AvgIpc) is 3.16. The molecule has 0 aromatic heterocycles. The predicted octanol–water partition coefficient (Wildman–Crippen LogP) is 0.624. The summed E-state index contributed by atoms with van der Waals surface area (Å²) in [5.74, 6) is -0.389. The number of nitrogens with zero attached hydrogens (tertiary/aromatic N) is 3. The maximum Gasteiger partial charge on any atom is 0.334 e. The first-order valence-corrected chi connectivity index (χ1v) is 8.79. The lowest BCUT2D eigenvalue weighted by Gasteiger charge is -2.11. The van der Waals surface area contributed by atoms with E-state index < -0.39 is 0 Å². The summed E-state index contributed by atoms with van der Waals surface area (Å²) in [6.45, 7) is 3.51. The van der Waals surface area contributed by atoms with Crippen LogP contribution in [0.3, 0.4) is 0 Å². The molecule has 1 aliphatic carbocycles. The highest BCUT2D eigenvalue weighted by Gasteiger charge is 2.22. The fourth-order valence-corrected chi connectivity index (χ4v) is 2.16. The van der Waals surface area contributed by atoms with E-state index in [4.69, 9.17) is 28.8 Å². The molecule has 10 heteroatoms.